The van der Waals surface area contributed by atoms with E-state index in [0.29, 0.717) is 18.1 Å². The Balaban J connectivity index is 2.26. The van der Waals surface area contributed by atoms with Crippen molar-refractivity contribution in [2.45, 2.75) is 6.10 Å². The molecule has 21 heavy (non-hydrogen) atoms. The van der Waals surface area contributed by atoms with Gasteiger partial charge in [0.05, 0.1) is 18.2 Å². The van der Waals surface area contributed by atoms with Gasteiger partial charge in [-0.3, -0.25) is 0 Å². The lowest BCUT2D eigenvalue weighted by Crippen LogP contribution is -2.27. The summed E-state index contributed by atoms with van der Waals surface area (Å²) >= 11 is 5.13. The number of hydrogen-bond acceptors (Lipinski definition) is 5. The lowest BCUT2D eigenvalue weighted by atomic mass is 10.1. The molecule has 3 N–H and O–H groups in total. The number of thiocarbonyl (C=S) groups is 1. The molecule has 6 heteroatoms. The number of hydrogen-bond donors (Lipinski definition) is 2. The van der Waals surface area contributed by atoms with Crippen molar-refractivity contribution < 1.29 is 9.47 Å². The van der Waals surface area contributed by atoms with Crippen LogP contribution in [0.4, 0.5) is 5.82 Å². The van der Waals surface area contributed by atoms with Gasteiger partial charge in [0.1, 0.15) is 10.8 Å². The van der Waals surface area contributed by atoms with Crippen LogP contribution < -0.4 is 11.1 Å². The number of methoxy groups -OCH3 is 2. The first kappa shape index (κ1) is 15.6. The molecule has 1 aromatic heterocycles. The number of nitrogens with zero attached hydrogens (tertiary/aromatic N) is 1. The van der Waals surface area contributed by atoms with Crippen LogP contribution in [0, 0.1) is 0 Å². The predicted molar refractivity (Wildman–Crippen MR) is 88.8 cm³/mol. The number of fused-ring (bicyclic) bond motifs is 1. The van der Waals surface area contributed by atoms with Gasteiger partial charge in [0.2, 0.25) is 0 Å². The van der Waals surface area contributed by atoms with Gasteiger partial charge in [0.25, 0.3) is 0 Å². The van der Waals surface area contributed by atoms with Crippen LogP contribution in [0.5, 0.6) is 0 Å². The number of nitrogens with one attached hydrogen (secondary N) is 1. The molecule has 0 aliphatic rings. The third kappa shape index (κ3) is 3.87. The van der Waals surface area contributed by atoms with Crippen LogP contribution >= 0.6 is 12.2 Å². The van der Waals surface area contributed by atoms with E-state index in [0.717, 1.165) is 22.3 Å². The molecule has 2 aromatic rings. The highest BCUT2D eigenvalue weighted by Crippen LogP contribution is 2.20. The number of rotatable bonds is 7. The van der Waals surface area contributed by atoms with Gasteiger partial charge in [-0.25, -0.2) is 4.98 Å². The molecule has 0 bridgehead atoms. The molecule has 0 saturated carbocycles. The van der Waals surface area contributed by atoms with Crippen LogP contribution in [0.15, 0.2) is 30.3 Å². The van der Waals surface area contributed by atoms with Crippen LogP contribution in [0.1, 0.15) is 5.56 Å². The maximum Gasteiger partial charge on any atom is 0.127 e. The Labute approximate surface area is 129 Å². The third-order valence-electron chi connectivity index (χ3n) is 3.18. The Hall–Kier alpha value is -1.76. The number of anilines is 1. The average Bonchev–Trinajstić information content (AvgIpc) is 2.50. The van der Waals surface area contributed by atoms with Crippen LogP contribution in [0.2, 0.25) is 0 Å². The zero-order valence-electron chi connectivity index (χ0n) is 12.1. The van der Waals surface area contributed by atoms with Crippen LogP contribution in [-0.2, 0) is 9.47 Å². The van der Waals surface area contributed by atoms with E-state index in [9.17, 15) is 0 Å². The van der Waals surface area contributed by atoms with E-state index < -0.39 is 0 Å². The number of pyridine rings is 1. The van der Waals surface area contributed by atoms with Crippen LogP contribution in [0.3, 0.4) is 0 Å². The molecular weight excluding hydrogens is 286 g/mol. The summed E-state index contributed by atoms with van der Waals surface area (Å²) in [5, 5.41) is 4.19. The van der Waals surface area contributed by atoms with Gasteiger partial charge >= 0.3 is 0 Å². The average molecular weight is 305 g/mol. The topological polar surface area (TPSA) is 69.4 Å². The lowest BCUT2D eigenvalue weighted by molar-refractivity contribution is 0.0365. The fourth-order valence-corrected chi connectivity index (χ4v) is 2.25. The quantitative estimate of drug-likeness (QED) is 0.762. The summed E-state index contributed by atoms with van der Waals surface area (Å²) in [6.07, 6.45) is -0.0449. The molecule has 0 radical (unpaired) electrons. The minimum atomic E-state index is -0.0449. The molecule has 0 saturated heterocycles. The molecule has 0 spiro atoms. The Morgan fingerprint density at radius 2 is 2.14 bits per heavy atom. The van der Waals surface area contributed by atoms with Gasteiger partial charge in [0, 0.05) is 31.7 Å². The standard InChI is InChI=1S/C15H19N3O2S/c1-19-9-10(20-2)8-17-14-7-12(15(16)21)11-5-3-4-6-13(11)18-14/h3-7,10H,8-9H2,1-2H3,(H2,16,21)(H,17,18). The van der Waals surface area contributed by atoms with Crippen LogP contribution in [-0.4, -0.2) is 43.4 Å². The first-order chi connectivity index (χ1) is 10.2. The monoisotopic (exact) mass is 305 g/mol. The molecule has 112 valence electrons. The Bertz CT molecular complexity index is 633. The molecule has 1 atom stereocenters. The highest BCUT2D eigenvalue weighted by atomic mass is 32.1. The predicted octanol–water partition coefficient (Wildman–Crippen LogP) is 1.94. The number of ether oxygens (including phenoxy) is 2. The first-order valence-electron chi connectivity index (χ1n) is 6.61. The number of aromatic nitrogens is 1. The van der Waals surface area contributed by atoms with E-state index in [-0.39, 0.29) is 6.10 Å². The molecule has 5 nitrogen and oxygen atoms in total. The van der Waals surface area contributed by atoms with Gasteiger partial charge in [-0.05, 0) is 12.1 Å². The van der Waals surface area contributed by atoms with Gasteiger partial charge in [-0.2, -0.15) is 0 Å². The molecule has 0 aliphatic carbocycles. The summed E-state index contributed by atoms with van der Waals surface area (Å²) in [5.41, 5.74) is 7.48. The molecule has 2 rings (SSSR count). The van der Waals surface area contributed by atoms with Crippen molar-refractivity contribution in [3.05, 3.63) is 35.9 Å². The fourth-order valence-electron chi connectivity index (χ4n) is 2.08. The normalized spacial score (nSPS) is 12.3. The fraction of sp³-hybridized carbons (Fsp3) is 0.333. The summed E-state index contributed by atoms with van der Waals surface area (Å²) in [7, 11) is 3.30. The van der Waals surface area contributed by atoms with Crippen molar-refractivity contribution in [3.63, 3.8) is 0 Å². The van der Waals surface area contributed by atoms with Gasteiger partial charge < -0.3 is 20.5 Å². The van der Waals surface area contributed by atoms with E-state index in [1.54, 1.807) is 14.2 Å². The summed E-state index contributed by atoms with van der Waals surface area (Å²) < 4.78 is 10.4. The van der Waals surface area contributed by atoms with Crippen molar-refractivity contribution in [2.24, 2.45) is 5.73 Å². The van der Waals surface area contributed by atoms with Crippen molar-refractivity contribution in [1.82, 2.24) is 4.98 Å². The van der Waals surface area contributed by atoms with Gasteiger partial charge in [0.15, 0.2) is 0 Å². The van der Waals surface area contributed by atoms with E-state index >= 15 is 0 Å². The second kappa shape index (κ2) is 7.31. The van der Waals surface area contributed by atoms with Crippen molar-refractivity contribution in [2.75, 3.05) is 32.7 Å². The lowest BCUT2D eigenvalue weighted by Gasteiger charge is -2.16. The minimum Gasteiger partial charge on any atom is -0.389 e. The van der Waals surface area contributed by atoms with Crippen molar-refractivity contribution in [3.8, 4) is 0 Å². The molecule has 1 heterocycles. The number of benzene rings is 1. The number of para-hydroxylation sites is 1. The first-order valence-corrected chi connectivity index (χ1v) is 7.01. The maximum atomic E-state index is 5.81. The van der Waals surface area contributed by atoms with E-state index in [4.69, 9.17) is 27.4 Å². The highest BCUT2D eigenvalue weighted by Gasteiger charge is 2.10. The Morgan fingerprint density at radius 1 is 1.38 bits per heavy atom. The second-order valence-electron chi connectivity index (χ2n) is 4.63. The molecule has 1 unspecified atom stereocenters. The second-order valence-corrected chi connectivity index (χ2v) is 5.07. The highest BCUT2D eigenvalue weighted by molar-refractivity contribution is 7.80. The van der Waals surface area contributed by atoms with Crippen molar-refractivity contribution >= 4 is 33.9 Å². The summed E-state index contributed by atoms with van der Waals surface area (Å²) in [4.78, 5) is 4.92. The van der Waals surface area contributed by atoms with E-state index in [2.05, 4.69) is 10.3 Å². The smallest absolute Gasteiger partial charge is 0.127 e. The zero-order valence-corrected chi connectivity index (χ0v) is 12.9. The summed E-state index contributed by atoms with van der Waals surface area (Å²) in [6, 6.07) is 9.64. The molecule has 0 fully saturated rings. The van der Waals surface area contributed by atoms with E-state index in [1.165, 1.54) is 0 Å². The Morgan fingerprint density at radius 3 is 2.81 bits per heavy atom. The molecule has 0 aliphatic heterocycles. The third-order valence-corrected chi connectivity index (χ3v) is 3.40. The maximum absolute atomic E-state index is 5.81. The molecule has 0 amide bonds. The molecule has 1 aromatic carbocycles. The minimum absolute atomic E-state index is 0.0449. The van der Waals surface area contributed by atoms with Crippen LogP contribution in [0.25, 0.3) is 10.9 Å². The van der Waals surface area contributed by atoms with E-state index in [1.807, 2.05) is 30.3 Å². The van der Waals surface area contributed by atoms with Gasteiger partial charge in [-0.15, -0.1) is 0 Å². The SMILES string of the molecule is COCC(CNc1cc(C(N)=S)c2ccccc2n1)OC. The number of nitrogens with two attached hydrogens (primary N) is 1. The summed E-state index contributed by atoms with van der Waals surface area (Å²) in [5.74, 6) is 0.717. The Kier molecular flexibility index (Phi) is 5.44. The molecular formula is C15H19N3O2S. The van der Waals surface area contributed by atoms with Gasteiger partial charge in [-0.1, -0.05) is 30.4 Å². The van der Waals surface area contributed by atoms with Crippen molar-refractivity contribution in [1.29, 1.82) is 0 Å². The largest absolute Gasteiger partial charge is 0.389 e. The zero-order chi connectivity index (χ0) is 15.2. The summed E-state index contributed by atoms with van der Waals surface area (Å²) in [6.45, 7) is 1.10.